The van der Waals surface area contributed by atoms with Gasteiger partial charge in [-0.15, -0.1) is 0 Å². The van der Waals surface area contributed by atoms with E-state index in [1.165, 1.54) is 31.6 Å². The van der Waals surface area contributed by atoms with Gasteiger partial charge < -0.3 is 9.88 Å². The van der Waals surface area contributed by atoms with Crippen molar-refractivity contribution in [3.63, 3.8) is 0 Å². The summed E-state index contributed by atoms with van der Waals surface area (Å²) in [6.07, 6.45) is 9.38. The zero-order valence-corrected chi connectivity index (χ0v) is 12.7. The van der Waals surface area contributed by atoms with Gasteiger partial charge in [0, 0.05) is 25.4 Å². The van der Waals surface area contributed by atoms with Gasteiger partial charge in [0.15, 0.2) is 0 Å². The van der Waals surface area contributed by atoms with Gasteiger partial charge in [-0.1, -0.05) is 20.3 Å². The van der Waals surface area contributed by atoms with Crippen molar-refractivity contribution in [2.75, 3.05) is 13.1 Å². The average molecular weight is 263 g/mol. The Kier molecular flexibility index (Phi) is 5.44. The van der Waals surface area contributed by atoms with Crippen LogP contribution in [0.25, 0.3) is 0 Å². The van der Waals surface area contributed by atoms with Crippen LogP contribution in [0, 0.1) is 17.8 Å². The SMILES string of the molecule is CCn1ccnc1CC1CCCC1CNCC(C)C. The van der Waals surface area contributed by atoms with Gasteiger partial charge in [0.2, 0.25) is 0 Å². The lowest BCUT2D eigenvalue weighted by Gasteiger charge is -2.21. The van der Waals surface area contributed by atoms with Gasteiger partial charge in [-0.25, -0.2) is 4.98 Å². The second kappa shape index (κ2) is 7.09. The molecule has 2 rings (SSSR count). The largest absolute Gasteiger partial charge is 0.335 e. The topological polar surface area (TPSA) is 29.9 Å². The van der Waals surface area contributed by atoms with E-state index in [2.05, 4.69) is 41.8 Å². The average Bonchev–Trinajstić information content (AvgIpc) is 2.99. The van der Waals surface area contributed by atoms with Crippen LogP contribution in [-0.4, -0.2) is 22.6 Å². The number of rotatable bonds is 7. The third-order valence-electron chi connectivity index (χ3n) is 4.36. The number of aryl methyl sites for hydroxylation is 1. The monoisotopic (exact) mass is 263 g/mol. The summed E-state index contributed by atoms with van der Waals surface area (Å²) >= 11 is 0. The van der Waals surface area contributed by atoms with Crippen molar-refractivity contribution in [3.05, 3.63) is 18.2 Å². The molecule has 1 aromatic rings. The molecule has 1 aliphatic carbocycles. The van der Waals surface area contributed by atoms with Crippen LogP contribution in [0.1, 0.15) is 45.9 Å². The molecule has 0 saturated heterocycles. The smallest absolute Gasteiger partial charge is 0.108 e. The number of hydrogen-bond acceptors (Lipinski definition) is 2. The van der Waals surface area contributed by atoms with E-state index in [-0.39, 0.29) is 0 Å². The number of imidazole rings is 1. The molecule has 2 unspecified atom stereocenters. The Morgan fingerprint density at radius 2 is 2.16 bits per heavy atom. The lowest BCUT2D eigenvalue weighted by Crippen LogP contribution is -2.29. The maximum Gasteiger partial charge on any atom is 0.108 e. The highest BCUT2D eigenvalue weighted by Crippen LogP contribution is 2.33. The Morgan fingerprint density at radius 3 is 2.89 bits per heavy atom. The highest BCUT2D eigenvalue weighted by Gasteiger charge is 2.28. The van der Waals surface area contributed by atoms with Crippen LogP contribution in [0.15, 0.2) is 12.4 Å². The minimum Gasteiger partial charge on any atom is -0.335 e. The van der Waals surface area contributed by atoms with Crippen molar-refractivity contribution in [1.29, 1.82) is 0 Å². The van der Waals surface area contributed by atoms with Crippen LogP contribution in [0.5, 0.6) is 0 Å². The van der Waals surface area contributed by atoms with Crippen LogP contribution < -0.4 is 5.32 Å². The molecular formula is C16H29N3. The van der Waals surface area contributed by atoms with Crippen molar-refractivity contribution >= 4 is 0 Å². The van der Waals surface area contributed by atoms with E-state index in [1.807, 2.05) is 6.20 Å². The highest BCUT2D eigenvalue weighted by atomic mass is 15.1. The summed E-state index contributed by atoms with van der Waals surface area (Å²) in [6.45, 7) is 10.1. The molecule has 0 radical (unpaired) electrons. The summed E-state index contributed by atoms with van der Waals surface area (Å²) in [5.41, 5.74) is 0. The van der Waals surface area contributed by atoms with Gasteiger partial charge in [0.05, 0.1) is 0 Å². The van der Waals surface area contributed by atoms with Gasteiger partial charge in [0.25, 0.3) is 0 Å². The molecule has 1 heterocycles. The van der Waals surface area contributed by atoms with Crippen molar-refractivity contribution in [2.45, 2.75) is 53.0 Å². The minimum absolute atomic E-state index is 0.749. The zero-order valence-electron chi connectivity index (χ0n) is 12.7. The summed E-state index contributed by atoms with van der Waals surface area (Å²) in [7, 11) is 0. The molecule has 3 nitrogen and oxygen atoms in total. The first-order valence-corrected chi connectivity index (χ1v) is 7.91. The van der Waals surface area contributed by atoms with E-state index in [0.717, 1.165) is 37.3 Å². The third-order valence-corrected chi connectivity index (χ3v) is 4.36. The van der Waals surface area contributed by atoms with Crippen LogP contribution in [-0.2, 0) is 13.0 Å². The fourth-order valence-corrected chi connectivity index (χ4v) is 3.26. The Balaban J connectivity index is 1.85. The van der Waals surface area contributed by atoms with Crippen LogP contribution in [0.4, 0.5) is 0 Å². The molecule has 1 aromatic heterocycles. The van der Waals surface area contributed by atoms with E-state index in [4.69, 9.17) is 0 Å². The second-order valence-corrected chi connectivity index (χ2v) is 6.34. The van der Waals surface area contributed by atoms with E-state index in [1.54, 1.807) is 0 Å². The standard InChI is InChI=1S/C16H29N3/c1-4-19-9-8-18-16(19)10-14-6-5-7-15(14)12-17-11-13(2)3/h8-9,13-15,17H,4-7,10-12H2,1-3H3. The molecule has 2 atom stereocenters. The normalized spacial score (nSPS) is 23.4. The predicted molar refractivity (Wildman–Crippen MR) is 80.1 cm³/mol. The van der Waals surface area contributed by atoms with Gasteiger partial charge in [-0.05, 0) is 50.6 Å². The molecular weight excluding hydrogens is 234 g/mol. The summed E-state index contributed by atoms with van der Waals surface area (Å²) < 4.78 is 2.29. The van der Waals surface area contributed by atoms with E-state index < -0.39 is 0 Å². The lowest BCUT2D eigenvalue weighted by atomic mass is 9.92. The summed E-state index contributed by atoms with van der Waals surface area (Å²) in [5, 5.41) is 3.64. The molecule has 0 spiro atoms. The first-order chi connectivity index (χ1) is 9.20. The Labute approximate surface area is 117 Å². The van der Waals surface area contributed by atoms with E-state index in [0.29, 0.717) is 0 Å². The van der Waals surface area contributed by atoms with Crippen LogP contribution in [0.2, 0.25) is 0 Å². The molecule has 3 heteroatoms. The highest BCUT2D eigenvalue weighted by molar-refractivity contribution is 4.96. The molecule has 108 valence electrons. The van der Waals surface area contributed by atoms with Crippen molar-refractivity contribution in [1.82, 2.24) is 14.9 Å². The maximum atomic E-state index is 4.54. The fraction of sp³-hybridized carbons (Fsp3) is 0.812. The van der Waals surface area contributed by atoms with E-state index >= 15 is 0 Å². The van der Waals surface area contributed by atoms with Crippen LogP contribution in [0.3, 0.4) is 0 Å². The number of nitrogens with zero attached hydrogens (tertiary/aromatic N) is 2. The van der Waals surface area contributed by atoms with Crippen molar-refractivity contribution in [3.8, 4) is 0 Å². The summed E-state index contributed by atoms with van der Waals surface area (Å²) in [5.74, 6) is 3.70. The first kappa shape index (κ1) is 14.6. The molecule has 0 aromatic carbocycles. The Bertz CT molecular complexity index is 370. The molecule has 0 bridgehead atoms. The number of hydrogen-bond donors (Lipinski definition) is 1. The second-order valence-electron chi connectivity index (χ2n) is 6.34. The van der Waals surface area contributed by atoms with Gasteiger partial charge in [0.1, 0.15) is 5.82 Å². The van der Waals surface area contributed by atoms with Crippen molar-refractivity contribution in [2.24, 2.45) is 17.8 Å². The van der Waals surface area contributed by atoms with Gasteiger partial charge in [-0.3, -0.25) is 0 Å². The Hall–Kier alpha value is -0.830. The quantitative estimate of drug-likeness (QED) is 0.819. The summed E-state index contributed by atoms with van der Waals surface area (Å²) in [6, 6.07) is 0. The molecule has 19 heavy (non-hydrogen) atoms. The fourth-order valence-electron chi connectivity index (χ4n) is 3.26. The number of nitrogens with one attached hydrogen (secondary N) is 1. The molecule has 0 aliphatic heterocycles. The molecule has 1 aliphatic rings. The molecule has 0 amide bonds. The maximum absolute atomic E-state index is 4.54. The number of aromatic nitrogens is 2. The minimum atomic E-state index is 0.749. The lowest BCUT2D eigenvalue weighted by molar-refractivity contribution is 0.349. The van der Waals surface area contributed by atoms with Crippen LogP contribution >= 0.6 is 0 Å². The van der Waals surface area contributed by atoms with E-state index in [9.17, 15) is 0 Å². The van der Waals surface area contributed by atoms with Gasteiger partial charge in [-0.2, -0.15) is 0 Å². The molecule has 1 fully saturated rings. The summed E-state index contributed by atoms with van der Waals surface area (Å²) in [4.78, 5) is 4.54. The third kappa shape index (κ3) is 4.07. The van der Waals surface area contributed by atoms with Crippen molar-refractivity contribution < 1.29 is 0 Å². The predicted octanol–water partition coefficient (Wildman–Crippen LogP) is 3.11. The first-order valence-electron chi connectivity index (χ1n) is 7.91. The zero-order chi connectivity index (χ0) is 13.7. The van der Waals surface area contributed by atoms with Gasteiger partial charge >= 0.3 is 0 Å². The molecule has 1 N–H and O–H groups in total. The molecule has 1 saturated carbocycles. The Morgan fingerprint density at radius 1 is 1.37 bits per heavy atom.